The summed E-state index contributed by atoms with van der Waals surface area (Å²) < 4.78 is 5.34. The third-order valence-electron chi connectivity index (χ3n) is 3.35. The smallest absolute Gasteiger partial charge is 0.122 e. The van der Waals surface area contributed by atoms with Crippen LogP contribution in [0, 0.1) is 13.8 Å². The minimum atomic E-state index is 0.851. The van der Waals surface area contributed by atoms with E-state index in [-0.39, 0.29) is 0 Å². The van der Waals surface area contributed by atoms with Crippen molar-refractivity contribution in [2.75, 3.05) is 13.7 Å². The first kappa shape index (κ1) is 13.6. The molecule has 0 atom stereocenters. The largest absolute Gasteiger partial charge is 0.496 e. The van der Waals surface area contributed by atoms with E-state index in [1.165, 1.54) is 11.1 Å². The molecule has 0 saturated carbocycles. The molecule has 19 heavy (non-hydrogen) atoms. The lowest BCUT2D eigenvalue weighted by atomic mass is 10.1. The Morgan fingerprint density at radius 2 is 2.05 bits per heavy atom. The van der Waals surface area contributed by atoms with Crippen LogP contribution in [0.25, 0.3) is 0 Å². The second-order valence-electron chi connectivity index (χ2n) is 4.65. The Morgan fingerprint density at radius 3 is 2.74 bits per heavy atom. The Bertz CT molecular complexity index is 514. The van der Waals surface area contributed by atoms with E-state index in [4.69, 9.17) is 4.74 Å². The Kier molecular flexibility index (Phi) is 4.58. The van der Waals surface area contributed by atoms with E-state index in [1.807, 2.05) is 25.1 Å². The van der Waals surface area contributed by atoms with Crippen molar-refractivity contribution in [3.8, 4) is 5.75 Å². The molecule has 0 aliphatic heterocycles. The zero-order valence-electron chi connectivity index (χ0n) is 11.8. The molecular weight excluding hydrogens is 238 g/mol. The molecule has 4 nitrogen and oxygen atoms in total. The van der Waals surface area contributed by atoms with Crippen molar-refractivity contribution in [3.63, 3.8) is 0 Å². The van der Waals surface area contributed by atoms with Crippen LogP contribution in [0.5, 0.6) is 5.75 Å². The molecule has 0 bridgehead atoms. The zero-order chi connectivity index (χ0) is 13.7. The van der Waals surface area contributed by atoms with Crippen LogP contribution in [-0.2, 0) is 13.0 Å². The number of para-hydroxylation sites is 1. The Labute approximate surface area is 114 Å². The maximum Gasteiger partial charge on any atom is 0.122 e. The maximum atomic E-state index is 5.34. The summed E-state index contributed by atoms with van der Waals surface area (Å²) in [6.07, 6.45) is 0.958. The Hall–Kier alpha value is -1.81. The number of H-pyrrole nitrogens is 1. The summed E-state index contributed by atoms with van der Waals surface area (Å²) in [4.78, 5) is 0. The average molecular weight is 259 g/mol. The van der Waals surface area contributed by atoms with Crippen molar-refractivity contribution >= 4 is 0 Å². The molecule has 0 amide bonds. The number of aromatic nitrogens is 2. The molecule has 0 spiro atoms. The molecule has 0 fully saturated rings. The molecule has 0 radical (unpaired) electrons. The molecule has 102 valence electrons. The number of aryl methyl sites for hydroxylation is 2. The third kappa shape index (κ3) is 3.35. The van der Waals surface area contributed by atoms with Crippen molar-refractivity contribution in [2.24, 2.45) is 0 Å². The number of hydrogen-bond donors (Lipinski definition) is 2. The molecule has 1 aromatic heterocycles. The van der Waals surface area contributed by atoms with Gasteiger partial charge in [-0.3, -0.25) is 5.10 Å². The van der Waals surface area contributed by atoms with Gasteiger partial charge in [0.15, 0.2) is 0 Å². The summed E-state index contributed by atoms with van der Waals surface area (Å²) in [6, 6.07) is 8.14. The molecule has 2 rings (SSSR count). The van der Waals surface area contributed by atoms with E-state index in [9.17, 15) is 0 Å². The number of hydrogen-bond acceptors (Lipinski definition) is 3. The number of benzene rings is 1. The fourth-order valence-electron chi connectivity index (χ4n) is 2.18. The van der Waals surface area contributed by atoms with Crippen molar-refractivity contribution < 1.29 is 4.74 Å². The van der Waals surface area contributed by atoms with Crippen LogP contribution >= 0.6 is 0 Å². The van der Waals surface area contributed by atoms with E-state index in [0.29, 0.717) is 0 Å². The molecule has 0 aliphatic carbocycles. The maximum absolute atomic E-state index is 5.34. The summed E-state index contributed by atoms with van der Waals surface area (Å²) in [5.74, 6) is 0.958. The van der Waals surface area contributed by atoms with Crippen LogP contribution in [0.3, 0.4) is 0 Å². The van der Waals surface area contributed by atoms with Crippen LogP contribution in [0.2, 0.25) is 0 Å². The summed E-state index contributed by atoms with van der Waals surface area (Å²) in [7, 11) is 1.71. The minimum Gasteiger partial charge on any atom is -0.496 e. The molecule has 0 unspecified atom stereocenters. The lowest BCUT2D eigenvalue weighted by molar-refractivity contribution is 0.409. The van der Waals surface area contributed by atoms with Gasteiger partial charge in [0.05, 0.1) is 12.8 Å². The molecular formula is C15H21N3O. The highest BCUT2D eigenvalue weighted by atomic mass is 16.5. The van der Waals surface area contributed by atoms with E-state index in [2.05, 4.69) is 28.5 Å². The minimum absolute atomic E-state index is 0.851. The van der Waals surface area contributed by atoms with Gasteiger partial charge < -0.3 is 10.1 Å². The number of methoxy groups -OCH3 is 1. The molecule has 4 heteroatoms. The van der Waals surface area contributed by atoms with Crippen molar-refractivity contribution in [1.29, 1.82) is 0 Å². The van der Waals surface area contributed by atoms with Gasteiger partial charge >= 0.3 is 0 Å². The number of ether oxygens (including phenoxy) is 1. The number of nitrogens with zero attached hydrogens (tertiary/aromatic N) is 1. The van der Waals surface area contributed by atoms with Crippen LogP contribution < -0.4 is 10.1 Å². The zero-order valence-corrected chi connectivity index (χ0v) is 11.8. The lowest BCUT2D eigenvalue weighted by Gasteiger charge is -2.09. The van der Waals surface area contributed by atoms with Crippen LogP contribution in [0.15, 0.2) is 24.3 Å². The Balaban J connectivity index is 1.84. The fraction of sp³-hybridized carbons (Fsp3) is 0.400. The topological polar surface area (TPSA) is 49.9 Å². The van der Waals surface area contributed by atoms with Crippen molar-refractivity contribution in [3.05, 3.63) is 46.8 Å². The third-order valence-corrected chi connectivity index (χ3v) is 3.35. The predicted molar refractivity (Wildman–Crippen MR) is 76.5 cm³/mol. The second-order valence-corrected chi connectivity index (χ2v) is 4.65. The van der Waals surface area contributed by atoms with Crippen LogP contribution in [0.1, 0.15) is 22.5 Å². The van der Waals surface area contributed by atoms with Gasteiger partial charge in [-0.15, -0.1) is 0 Å². The SMILES string of the molecule is COc1ccccc1CCNCc1c(C)n[nH]c1C. The monoisotopic (exact) mass is 259 g/mol. The average Bonchev–Trinajstić information content (AvgIpc) is 2.75. The van der Waals surface area contributed by atoms with E-state index in [1.54, 1.807) is 7.11 Å². The normalized spacial score (nSPS) is 10.7. The first-order chi connectivity index (χ1) is 9.22. The lowest BCUT2D eigenvalue weighted by Crippen LogP contribution is -2.17. The summed E-state index contributed by atoms with van der Waals surface area (Å²) in [5.41, 5.74) is 4.71. The van der Waals surface area contributed by atoms with Gasteiger partial charge in [0, 0.05) is 17.8 Å². The second kappa shape index (κ2) is 6.38. The number of nitrogens with one attached hydrogen (secondary N) is 2. The standard InChI is InChI=1S/C15H21N3O/c1-11-14(12(2)18-17-11)10-16-9-8-13-6-4-5-7-15(13)19-3/h4-7,16H,8-10H2,1-3H3,(H,17,18). The predicted octanol–water partition coefficient (Wildman–Crippen LogP) is 2.37. The van der Waals surface area contributed by atoms with Gasteiger partial charge in [-0.2, -0.15) is 5.10 Å². The van der Waals surface area contributed by atoms with Gasteiger partial charge in [-0.25, -0.2) is 0 Å². The molecule has 1 aromatic carbocycles. The van der Waals surface area contributed by atoms with Crippen LogP contribution in [-0.4, -0.2) is 23.9 Å². The number of rotatable bonds is 6. The highest BCUT2D eigenvalue weighted by Gasteiger charge is 2.05. The van der Waals surface area contributed by atoms with Gasteiger partial charge in [0.25, 0.3) is 0 Å². The molecule has 2 N–H and O–H groups in total. The number of aromatic amines is 1. The molecule has 0 saturated heterocycles. The fourth-order valence-corrected chi connectivity index (χ4v) is 2.18. The summed E-state index contributed by atoms with van der Waals surface area (Å²) in [6.45, 7) is 5.85. The highest BCUT2D eigenvalue weighted by molar-refractivity contribution is 5.33. The molecule has 0 aliphatic rings. The van der Waals surface area contributed by atoms with E-state index in [0.717, 1.165) is 36.6 Å². The Morgan fingerprint density at radius 1 is 1.26 bits per heavy atom. The first-order valence-corrected chi connectivity index (χ1v) is 6.55. The van der Waals surface area contributed by atoms with Crippen molar-refractivity contribution in [1.82, 2.24) is 15.5 Å². The highest BCUT2D eigenvalue weighted by Crippen LogP contribution is 2.17. The van der Waals surface area contributed by atoms with Gasteiger partial charge in [-0.1, -0.05) is 18.2 Å². The summed E-state index contributed by atoms with van der Waals surface area (Å²) >= 11 is 0. The molecule has 2 aromatic rings. The van der Waals surface area contributed by atoms with Crippen LogP contribution in [0.4, 0.5) is 0 Å². The van der Waals surface area contributed by atoms with Crippen molar-refractivity contribution in [2.45, 2.75) is 26.8 Å². The van der Waals surface area contributed by atoms with Gasteiger partial charge in [0.2, 0.25) is 0 Å². The van der Waals surface area contributed by atoms with E-state index < -0.39 is 0 Å². The summed E-state index contributed by atoms with van der Waals surface area (Å²) in [5, 5.41) is 10.7. The quantitative estimate of drug-likeness (QED) is 0.783. The van der Waals surface area contributed by atoms with Gasteiger partial charge in [-0.05, 0) is 38.4 Å². The molecule has 1 heterocycles. The first-order valence-electron chi connectivity index (χ1n) is 6.55. The van der Waals surface area contributed by atoms with E-state index >= 15 is 0 Å². The van der Waals surface area contributed by atoms with Gasteiger partial charge in [0.1, 0.15) is 5.75 Å².